The molecular formula is C46H51FN8O5. The summed E-state index contributed by atoms with van der Waals surface area (Å²) in [5, 5.41) is 25.0. The molecular weight excluding hydrogens is 764 g/mol. The number of imide groups is 1. The molecule has 1 unspecified atom stereocenters. The summed E-state index contributed by atoms with van der Waals surface area (Å²) >= 11 is 0. The third-order valence-electron chi connectivity index (χ3n) is 14.2. The Bertz CT molecular complexity index is 2390. The Morgan fingerprint density at radius 1 is 0.950 bits per heavy atom. The van der Waals surface area contributed by atoms with E-state index >= 15 is 0 Å². The van der Waals surface area contributed by atoms with Gasteiger partial charge in [0, 0.05) is 75.0 Å². The molecule has 1 aromatic heterocycles. The van der Waals surface area contributed by atoms with Gasteiger partial charge >= 0.3 is 0 Å². The summed E-state index contributed by atoms with van der Waals surface area (Å²) in [5.74, 6) is 0.239. The Morgan fingerprint density at radius 3 is 2.62 bits per heavy atom. The van der Waals surface area contributed by atoms with E-state index in [2.05, 4.69) is 73.6 Å². The van der Waals surface area contributed by atoms with Crippen LogP contribution in [0.3, 0.4) is 0 Å². The molecule has 3 aromatic carbocycles. The van der Waals surface area contributed by atoms with Gasteiger partial charge in [0.05, 0.1) is 23.5 Å². The maximum atomic E-state index is 14.2. The van der Waals surface area contributed by atoms with Crippen molar-refractivity contribution in [2.45, 2.75) is 89.1 Å². The molecule has 0 aliphatic carbocycles. The molecule has 10 rings (SSSR count). The minimum absolute atomic E-state index is 0.0388. The maximum Gasteiger partial charge on any atom is 0.255 e. The highest BCUT2D eigenvalue weighted by Gasteiger charge is 2.49. The van der Waals surface area contributed by atoms with Crippen molar-refractivity contribution >= 4 is 34.9 Å². The number of para-hydroxylation sites is 1. The molecule has 4 atom stereocenters. The third-order valence-corrected chi connectivity index (χ3v) is 14.2. The number of hydrogen-bond acceptors (Lipinski definition) is 11. The predicted octanol–water partition coefficient (Wildman–Crippen LogP) is 5.82. The Hall–Kier alpha value is -5.76. The van der Waals surface area contributed by atoms with Crippen LogP contribution in [0.2, 0.25) is 0 Å². The van der Waals surface area contributed by atoms with Crippen molar-refractivity contribution in [1.82, 2.24) is 25.3 Å². The molecule has 6 aliphatic heterocycles. The second kappa shape index (κ2) is 15.1. The number of phenols is 1. The number of aromatic nitrogens is 2. The molecule has 3 N–H and O–H groups in total. The van der Waals surface area contributed by atoms with Gasteiger partial charge in [-0.1, -0.05) is 25.1 Å². The number of nitrogens with zero attached hydrogens (tertiary/aromatic N) is 6. The fourth-order valence-electron chi connectivity index (χ4n) is 10.7. The molecule has 0 radical (unpaired) electrons. The van der Waals surface area contributed by atoms with Gasteiger partial charge in [0.15, 0.2) is 17.4 Å². The molecule has 3 saturated heterocycles. The summed E-state index contributed by atoms with van der Waals surface area (Å²) in [6, 6.07) is 18.8. The Balaban J connectivity index is 0.753. The lowest BCUT2D eigenvalue weighted by atomic mass is 9.89. The number of phenolic OH excluding ortho intramolecular Hbond substituents is 1. The third kappa shape index (κ3) is 6.68. The van der Waals surface area contributed by atoms with Gasteiger partial charge in [-0.3, -0.25) is 24.6 Å². The maximum absolute atomic E-state index is 14.2. The van der Waals surface area contributed by atoms with E-state index in [0.717, 1.165) is 81.0 Å². The van der Waals surface area contributed by atoms with Gasteiger partial charge in [0.25, 0.3) is 5.91 Å². The minimum atomic E-state index is -0.691. The minimum Gasteiger partial charge on any atom is -0.504 e. The van der Waals surface area contributed by atoms with Crippen molar-refractivity contribution in [1.29, 1.82) is 0 Å². The fourth-order valence-corrected chi connectivity index (χ4v) is 10.7. The van der Waals surface area contributed by atoms with Crippen molar-refractivity contribution in [2.24, 2.45) is 5.92 Å². The highest BCUT2D eigenvalue weighted by molar-refractivity contribution is 6.05. The Kier molecular flexibility index (Phi) is 9.65. The SMILES string of the molecule is CC[C@@]12CNc3nnc(-c4cccc(F)c4O)cc3N1C[C@H](Oc1ccc3c(c1)CCN(CC1CCN(c4ccc5c(c4)C(=O)N([C@H]4CCC(=O)NC4=O)C5)CC1)C3C)C2. The van der Waals surface area contributed by atoms with E-state index in [1.807, 2.05) is 18.2 Å². The monoisotopic (exact) mass is 814 g/mol. The molecule has 0 spiro atoms. The number of carbonyl (C=O) groups excluding carboxylic acids is 3. The summed E-state index contributed by atoms with van der Waals surface area (Å²) in [4.78, 5) is 46.6. The number of ether oxygens (including phenoxy) is 1. The number of nitrogens with one attached hydrogen (secondary N) is 2. The number of carbonyl (C=O) groups is 3. The highest BCUT2D eigenvalue weighted by atomic mass is 19.1. The smallest absolute Gasteiger partial charge is 0.255 e. The zero-order valence-electron chi connectivity index (χ0n) is 34.1. The zero-order chi connectivity index (χ0) is 41.3. The van der Waals surface area contributed by atoms with E-state index < -0.39 is 17.6 Å². The quantitative estimate of drug-likeness (QED) is 0.185. The average molecular weight is 815 g/mol. The largest absolute Gasteiger partial charge is 0.504 e. The van der Waals surface area contributed by atoms with Crippen LogP contribution in [0.5, 0.6) is 11.5 Å². The molecule has 6 aliphatic rings. The van der Waals surface area contributed by atoms with Crippen molar-refractivity contribution in [3.8, 4) is 22.8 Å². The van der Waals surface area contributed by atoms with Crippen molar-refractivity contribution < 1.29 is 28.6 Å². The standard InChI is InChI=1S/C46H51FN8O5/c1-3-46-22-33(25-55(46)40-21-38(50-51-43(40)48-26-46)35-5-4-6-37(47)42(35)57)60-32-9-10-34-27(2)53(18-15-29(34)19-32)23-28-13-16-52(17-14-28)31-8-7-30-24-54(45(59)36(30)20-31)39-11-12-41(56)49-44(39)58/h4-10,19-21,27-28,33,39,57H,3,11-18,22-26H2,1-2H3,(H,48,51)(H,49,56,58)/t27?,33-,39+,46-/m1/s1. The van der Waals surface area contributed by atoms with Gasteiger partial charge < -0.3 is 29.9 Å². The van der Waals surface area contributed by atoms with Gasteiger partial charge in [-0.2, -0.15) is 0 Å². The lowest BCUT2D eigenvalue weighted by Gasteiger charge is -2.43. The molecule has 14 heteroatoms. The first kappa shape index (κ1) is 38.4. The number of hydrogen-bond donors (Lipinski definition) is 3. The second-order valence-electron chi connectivity index (χ2n) is 17.5. The van der Waals surface area contributed by atoms with Gasteiger partial charge in [-0.25, -0.2) is 4.39 Å². The van der Waals surface area contributed by atoms with Crippen LogP contribution in [0.1, 0.15) is 85.5 Å². The van der Waals surface area contributed by atoms with E-state index in [1.165, 1.54) is 17.2 Å². The van der Waals surface area contributed by atoms with E-state index in [9.17, 15) is 23.9 Å². The van der Waals surface area contributed by atoms with Crippen LogP contribution in [0, 0.1) is 11.7 Å². The van der Waals surface area contributed by atoms with Crippen LogP contribution in [-0.4, -0.2) is 99.8 Å². The van der Waals surface area contributed by atoms with Crippen molar-refractivity contribution in [3.63, 3.8) is 0 Å². The molecule has 13 nitrogen and oxygen atoms in total. The van der Waals surface area contributed by atoms with Crippen LogP contribution in [0.4, 0.5) is 21.6 Å². The molecule has 0 saturated carbocycles. The van der Waals surface area contributed by atoms with Gasteiger partial charge in [0.1, 0.15) is 17.9 Å². The number of amides is 3. The number of rotatable bonds is 8. The molecule has 60 heavy (non-hydrogen) atoms. The van der Waals surface area contributed by atoms with Crippen molar-refractivity contribution in [2.75, 3.05) is 54.4 Å². The van der Waals surface area contributed by atoms with Crippen LogP contribution < -0.4 is 25.2 Å². The zero-order valence-corrected chi connectivity index (χ0v) is 34.1. The molecule has 3 fully saturated rings. The molecule has 312 valence electrons. The summed E-state index contributed by atoms with van der Waals surface area (Å²) in [6.45, 7) is 10.2. The first-order valence-electron chi connectivity index (χ1n) is 21.5. The number of benzene rings is 3. The number of fused-ring (bicyclic) bond motifs is 5. The molecule has 7 heterocycles. The lowest BCUT2D eigenvalue weighted by Crippen LogP contribution is -2.52. The summed E-state index contributed by atoms with van der Waals surface area (Å²) in [5.41, 5.74) is 6.78. The first-order valence-corrected chi connectivity index (χ1v) is 21.5. The second-order valence-corrected chi connectivity index (χ2v) is 17.5. The first-order chi connectivity index (χ1) is 29.1. The number of aromatic hydroxyl groups is 1. The van der Waals surface area contributed by atoms with Gasteiger partial charge in [0.2, 0.25) is 11.8 Å². The predicted molar refractivity (Wildman–Crippen MR) is 225 cm³/mol. The van der Waals surface area contributed by atoms with Gasteiger partial charge in [-0.15, -0.1) is 10.2 Å². The van der Waals surface area contributed by atoms with Crippen LogP contribution in [0.15, 0.2) is 60.7 Å². The molecule has 0 bridgehead atoms. The topological polar surface area (TPSA) is 143 Å². The van der Waals surface area contributed by atoms with E-state index in [4.69, 9.17) is 4.74 Å². The summed E-state index contributed by atoms with van der Waals surface area (Å²) < 4.78 is 21.0. The number of halogens is 1. The van der Waals surface area contributed by atoms with Crippen molar-refractivity contribution in [3.05, 3.63) is 88.7 Å². The summed E-state index contributed by atoms with van der Waals surface area (Å²) in [7, 11) is 0. The Labute approximate surface area is 348 Å². The highest BCUT2D eigenvalue weighted by Crippen LogP contribution is 2.46. The fraction of sp³-hybridized carbons (Fsp3) is 0.457. The Morgan fingerprint density at radius 2 is 1.80 bits per heavy atom. The van der Waals surface area contributed by atoms with Crippen LogP contribution >= 0.6 is 0 Å². The lowest BCUT2D eigenvalue weighted by molar-refractivity contribution is -0.136. The van der Waals surface area contributed by atoms with Crippen LogP contribution in [0.25, 0.3) is 11.3 Å². The van der Waals surface area contributed by atoms with Gasteiger partial charge in [-0.05, 0) is 104 Å². The molecule has 3 amide bonds. The van der Waals surface area contributed by atoms with Crippen LogP contribution in [-0.2, 0) is 22.6 Å². The summed E-state index contributed by atoms with van der Waals surface area (Å²) in [6.07, 6.45) is 5.44. The number of piperidine rings is 2. The average Bonchev–Trinajstić information content (AvgIpc) is 3.80. The van der Waals surface area contributed by atoms with E-state index in [-0.39, 0.29) is 35.8 Å². The normalized spacial score (nSPS) is 25.4. The van der Waals surface area contributed by atoms with E-state index in [1.54, 1.807) is 17.0 Å². The molecule has 4 aromatic rings. The number of anilines is 3. The van der Waals surface area contributed by atoms with E-state index in [0.29, 0.717) is 60.7 Å².